The van der Waals surface area contributed by atoms with Gasteiger partial charge in [0.05, 0.1) is 0 Å². The van der Waals surface area contributed by atoms with Crippen LogP contribution in [0.5, 0.6) is 11.5 Å². The van der Waals surface area contributed by atoms with E-state index in [0.29, 0.717) is 5.56 Å². The predicted octanol–water partition coefficient (Wildman–Crippen LogP) is 1.69. The molecule has 3 atom stereocenters. The maximum atomic E-state index is 14.5. The van der Waals surface area contributed by atoms with Gasteiger partial charge in [-0.25, -0.2) is 17.6 Å². The van der Waals surface area contributed by atoms with Crippen LogP contribution in [0, 0.1) is 42.5 Å². The molecule has 2 aromatic rings. The highest BCUT2D eigenvalue weighted by Crippen LogP contribution is 2.30. The largest absolute Gasteiger partial charge is 0.423 e. The van der Waals surface area contributed by atoms with Crippen LogP contribution in [-0.4, -0.2) is 19.8 Å². The Morgan fingerprint density at radius 2 is 1.19 bits per heavy atom. The molecular weight excluding hydrogens is 472 g/mol. The maximum absolute atomic E-state index is 14.5. The Balaban J connectivity index is 2.39. The average molecular weight is 490 g/mol. The van der Waals surface area contributed by atoms with Crippen LogP contribution in [0.15, 0.2) is 0 Å². The molecule has 31 heavy (non-hydrogen) atoms. The summed E-state index contributed by atoms with van der Waals surface area (Å²) >= 11 is 0. The highest BCUT2D eigenvalue weighted by Gasteiger charge is 2.42. The SMILES string of the molecule is [B]c1c(P)c(F)c(P)c(F)c1OC(=O)C(C)(C)C(=O)Oc1c(F)c(C)c(C)c(P)c1F. The van der Waals surface area contributed by atoms with E-state index in [0.717, 1.165) is 13.8 Å². The second kappa shape index (κ2) is 9.14. The summed E-state index contributed by atoms with van der Waals surface area (Å²) in [6, 6.07) is 0. The number of carbonyl (C=O) groups is 2. The van der Waals surface area contributed by atoms with Gasteiger partial charge in [-0.1, -0.05) is 9.24 Å². The average Bonchev–Trinajstić information content (AvgIpc) is 2.73. The molecule has 0 fully saturated rings. The summed E-state index contributed by atoms with van der Waals surface area (Å²) < 4.78 is 67.0. The first kappa shape index (κ1) is 25.7. The summed E-state index contributed by atoms with van der Waals surface area (Å²) in [6.45, 7) is 4.96. The van der Waals surface area contributed by atoms with Gasteiger partial charge in [0.1, 0.15) is 13.7 Å². The highest BCUT2D eigenvalue weighted by molar-refractivity contribution is 7.30. The van der Waals surface area contributed by atoms with E-state index >= 15 is 0 Å². The summed E-state index contributed by atoms with van der Waals surface area (Å²) in [5.41, 5.74) is -2.28. The summed E-state index contributed by atoms with van der Waals surface area (Å²) in [4.78, 5) is 25.2. The van der Waals surface area contributed by atoms with E-state index in [9.17, 15) is 27.2 Å². The van der Waals surface area contributed by atoms with Crippen LogP contribution in [0.3, 0.4) is 0 Å². The summed E-state index contributed by atoms with van der Waals surface area (Å²) in [5.74, 6) is -8.94. The zero-order valence-electron chi connectivity index (χ0n) is 17.0. The first-order valence-electron chi connectivity index (χ1n) is 8.64. The molecule has 0 N–H and O–H groups in total. The van der Waals surface area contributed by atoms with Crippen molar-refractivity contribution in [3.05, 3.63) is 34.4 Å². The van der Waals surface area contributed by atoms with Crippen molar-refractivity contribution in [2.75, 3.05) is 0 Å². The molecule has 0 saturated carbocycles. The quantitative estimate of drug-likeness (QED) is 0.164. The van der Waals surface area contributed by atoms with Gasteiger partial charge in [0.25, 0.3) is 0 Å². The van der Waals surface area contributed by atoms with Gasteiger partial charge in [-0.15, -0.1) is 18.5 Å². The number of esters is 2. The van der Waals surface area contributed by atoms with Gasteiger partial charge >= 0.3 is 11.9 Å². The monoisotopic (exact) mass is 490 g/mol. The Morgan fingerprint density at radius 1 is 0.742 bits per heavy atom. The van der Waals surface area contributed by atoms with E-state index in [4.69, 9.17) is 17.3 Å². The lowest BCUT2D eigenvalue weighted by Gasteiger charge is -2.23. The van der Waals surface area contributed by atoms with Gasteiger partial charge in [0.2, 0.25) is 5.75 Å². The Morgan fingerprint density at radius 3 is 1.71 bits per heavy atom. The predicted molar refractivity (Wildman–Crippen MR) is 121 cm³/mol. The molecule has 2 aromatic carbocycles. The van der Waals surface area contributed by atoms with Crippen molar-refractivity contribution in [1.29, 1.82) is 0 Å². The van der Waals surface area contributed by atoms with Crippen molar-refractivity contribution in [2.24, 2.45) is 5.41 Å². The molecule has 4 nitrogen and oxygen atoms in total. The molecular formula is C19H18BF4O4P3. The van der Waals surface area contributed by atoms with Crippen LogP contribution in [0.2, 0.25) is 0 Å². The van der Waals surface area contributed by atoms with Gasteiger partial charge < -0.3 is 9.47 Å². The van der Waals surface area contributed by atoms with Crippen LogP contribution in [0.25, 0.3) is 0 Å². The van der Waals surface area contributed by atoms with Gasteiger partial charge in [0, 0.05) is 15.9 Å². The first-order valence-corrected chi connectivity index (χ1v) is 10.4. The third kappa shape index (κ3) is 4.51. The topological polar surface area (TPSA) is 52.6 Å². The Kier molecular flexibility index (Phi) is 7.58. The van der Waals surface area contributed by atoms with Gasteiger partial charge in [-0.2, -0.15) is 0 Å². The Hall–Kier alpha value is -1.55. The second-order valence-electron chi connectivity index (χ2n) is 7.22. The number of carbonyl (C=O) groups excluding carboxylic acids is 2. The van der Waals surface area contributed by atoms with Crippen LogP contribution < -0.4 is 30.9 Å². The smallest absolute Gasteiger partial charge is 0.328 e. The van der Waals surface area contributed by atoms with E-state index in [1.807, 2.05) is 9.24 Å². The van der Waals surface area contributed by atoms with Crippen molar-refractivity contribution in [3.8, 4) is 11.5 Å². The zero-order valence-corrected chi connectivity index (χ0v) is 20.4. The molecule has 3 unspecified atom stereocenters. The minimum Gasteiger partial charge on any atom is -0.423 e. The standard InChI is InChI=1S/C19H18BF4O4P3/c1-5-6(2)14(29)10(23)13(8(5)21)28-18(26)19(3,4)17(25)27-12-7(20)15(30)11(24)16(31)9(12)22/h29-31H2,1-4H3. The molecule has 164 valence electrons. The third-order valence-electron chi connectivity index (χ3n) is 4.78. The molecule has 0 amide bonds. The third-order valence-corrected chi connectivity index (χ3v) is 6.54. The minimum atomic E-state index is -2.13. The number of benzene rings is 2. The van der Waals surface area contributed by atoms with Crippen molar-refractivity contribution in [2.45, 2.75) is 27.7 Å². The fraction of sp³-hybridized carbons (Fsp3) is 0.263. The molecule has 2 rings (SSSR count). The minimum absolute atomic E-state index is 0.0100. The normalized spacial score (nSPS) is 11.5. The summed E-state index contributed by atoms with van der Waals surface area (Å²) in [5, 5.41) is -0.791. The van der Waals surface area contributed by atoms with E-state index in [2.05, 4.69) is 9.24 Å². The molecule has 12 heteroatoms. The van der Waals surface area contributed by atoms with Gasteiger partial charge in [0.15, 0.2) is 28.6 Å². The number of ether oxygens (including phenoxy) is 2. The molecule has 0 bridgehead atoms. The molecule has 0 heterocycles. The fourth-order valence-electron chi connectivity index (χ4n) is 2.36. The molecule has 0 aromatic heterocycles. The van der Waals surface area contributed by atoms with E-state index in [1.54, 1.807) is 9.24 Å². The Bertz CT molecular complexity index is 979. The van der Waals surface area contributed by atoms with E-state index < -0.39 is 62.9 Å². The first-order chi connectivity index (χ1) is 14.1. The molecule has 0 aliphatic rings. The molecule has 0 saturated heterocycles. The zero-order chi connectivity index (χ0) is 24.0. The van der Waals surface area contributed by atoms with Crippen molar-refractivity contribution >= 4 is 68.9 Å². The lowest BCUT2D eigenvalue weighted by molar-refractivity contribution is -0.158. The highest BCUT2D eigenvalue weighted by atomic mass is 31.0. The molecule has 0 aliphatic carbocycles. The van der Waals surface area contributed by atoms with Gasteiger partial charge in [-0.05, 0) is 44.3 Å². The number of rotatable bonds is 4. The summed E-state index contributed by atoms with van der Waals surface area (Å²) in [6.07, 6.45) is 0. The maximum Gasteiger partial charge on any atom is 0.328 e. The lowest BCUT2D eigenvalue weighted by atomic mass is 9.92. The van der Waals surface area contributed by atoms with Crippen LogP contribution in [0.1, 0.15) is 25.0 Å². The number of halogens is 4. The molecule has 0 aliphatic heterocycles. The Labute approximate surface area is 184 Å². The molecule has 2 radical (unpaired) electrons. The van der Waals surface area contributed by atoms with Gasteiger partial charge in [-0.3, -0.25) is 9.59 Å². The van der Waals surface area contributed by atoms with Crippen molar-refractivity contribution in [1.82, 2.24) is 0 Å². The fourth-order valence-corrected chi connectivity index (χ4v) is 3.44. The van der Waals surface area contributed by atoms with Crippen LogP contribution in [0.4, 0.5) is 17.6 Å². The van der Waals surface area contributed by atoms with E-state index in [1.165, 1.54) is 13.8 Å². The van der Waals surface area contributed by atoms with Crippen LogP contribution >= 0.6 is 27.7 Å². The number of hydrogen-bond donors (Lipinski definition) is 0. The van der Waals surface area contributed by atoms with Crippen LogP contribution in [-0.2, 0) is 9.59 Å². The lowest BCUT2D eigenvalue weighted by Crippen LogP contribution is -2.42. The van der Waals surface area contributed by atoms with Crippen molar-refractivity contribution in [3.63, 3.8) is 0 Å². The summed E-state index contributed by atoms with van der Waals surface area (Å²) in [7, 11) is 11.5. The number of hydrogen-bond acceptors (Lipinski definition) is 4. The van der Waals surface area contributed by atoms with Crippen molar-refractivity contribution < 1.29 is 36.6 Å². The van der Waals surface area contributed by atoms with E-state index in [-0.39, 0.29) is 16.2 Å². The second-order valence-corrected chi connectivity index (χ2v) is 8.95. The molecule has 0 spiro atoms.